The third kappa shape index (κ3) is 3.57. The van der Waals surface area contributed by atoms with Crippen LogP contribution in [0.1, 0.15) is 33.6 Å². The normalized spacial score (nSPS) is 16.0. The smallest absolute Gasteiger partial charge is 0.263 e. The number of carbonyl (C=O) groups excluding carboxylic acids is 1. The van der Waals surface area contributed by atoms with Crippen molar-refractivity contribution in [1.29, 1.82) is 0 Å². The summed E-state index contributed by atoms with van der Waals surface area (Å²) >= 11 is 1.52. The van der Waals surface area contributed by atoms with E-state index in [-0.39, 0.29) is 12.5 Å². The van der Waals surface area contributed by atoms with Crippen molar-refractivity contribution in [2.24, 2.45) is 5.92 Å². The number of benzene rings is 1. The highest BCUT2D eigenvalue weighted by molar-refractivity contribution is 7.12. The number of carbonyl (C=O) groups is 1. The maximum Gasteiger partial charge on any atom is 0.263 e. The lowest BCUT2D eigenvalue weighted by Crippen LogP contribution is -2.38. The standard InChI is InChI=1S/C18H21NO2S/c20-13-16-5-3-14(4-6-16)12-15-7-9-19(10-8-15)18(21)17-2-1-11-22-17/h1-6,11,15,20H,7-10,12-13H2. The maximum atomic E-state index is 12.3. The Kier molecular flexibility index (Phi) is 4.90. The molecule has 1 aliphatic rings. The van der Waals surface area contributed by atoms with Gasteiger partial charge in [0.1, 0.15) is 0 Å². The van der Waals surface area contributed by atoms with Gasteiger partial charge in [0, 0.05) is 13.1 Å². The number of amides is 1. The molecule has 1 N–H and O–H groups in total. The molecule has 3 nitrogen and oxygen atoms in total. The van der Waals surface area contributed by atoms with Crippen LogP contribution < -0.4 is 0 Å². The summed E-state index contributed by atoms with van der Waals surface area (Å²) in [5, 5.41) is 11.0. The van der Waals surface area contributed by atoms with Gasteiger partial charge in [0.2, 0.25) is 0 Å². The van der Waals surface area contributed by atoms with Crippen molar-refractivity contribution in [3.8, 4) is 0 Å². The maximum absolute atomic E-state index is 12.3. The molecule has 0 radical (unpaired) electrons. The monoisotopic (exact) mass is 315 g/mol. The molecular formula is C18H21NO2S. The Morgan fingerprint density at radius 3 is 2.41 bits per heavy atom. The van der Waals surface area contributed by atoms with Crippen LogP contribution in [-0.2, 0) is 13.0 Å². The van der Waals surface area contributed by atoms with Crippen LogP contribution in [0, 0.1) is 5.92 Å². The molecule has 4 heteroatoms. The first-order valence-corrected chi connectivity index (χ1v) is 8.65. The zero-order chi connectivity index (χ0) is 15.4. The zero-order valence-corrected chi connectivity index (χ0v) is 13.4. The van der Waals surface area contributed by atoms with E-state index in [9.17, 15) is 4.79 Å². The molecule has 2 aromatic rings. The summed E-state index contributed by atoms with van der Waals surface area (Å²) < 4.78 is 0. The molecule has 0 spiro atoms. The van der Waals surface area contributed by atoms with E-state index in [1.54, 1.807) is 0 Å². The number of likely N-dealkylation sites (tertiary alicyclic amines) is 1. The highest BCUT2D eigenvalue weighted by Gasteiger charge is 2.24. The molecule has 1 fully saturated rings. The summed E-state index contributed by atoms with van der Waals surface area (Å²) in [5.74, 6) is 0.827. The zero-order valence-electron chi connectivity index (χ0n) is 12.6. The first-order valence-electron chi connectivity index (χ1n) is 7.77. The van der Waals surface area contributed by atoms with Gasteiger partial charge in [-0.15, -0.1) is 11.3 Å². The third-order valence-electron chi connectivity index (χ3n) is 4.36. The Morgan fingerprint density at radius 2 is 1.82 bits per heavy atom. The minimum absolute atomic E-state index is 0.101. The van der Waals surface area contributed by atoms with Gasteiger partial charge >= 0.3 is 0 Å². The quantitative estimate of drug-likeness (QED) is 0.940. The largest absolute Gasteiger partial charge is 0.392 e. The lowest BCUT2D eigenvalue weighted by Gasteiger charge is -2.31. The number of aliphatic hydroxyl groups excluding tert-OH is 1. The molecule has 0 aliphatic carbocycles. The van der Waals surface area contributed by atoms with Gasteiger partial charge < -0.3 is 10.0 Å². The number of rotatable bonds is 4. The van der Waals surface area contributed by atoms with Crippen LogP contribution in [0.2, 0.25) is 0 Å². The van der Waals surface area contributed by atoms with Crippen molar-refractivity contribution in [3.05, 3.63) is 57.8 Å². The van der Waals surface area contributed by atoms with Crippen molar-refractivity contribution in [2.45, 2.75) is 25.9 Å². The highest BCUT2D eigenvalue weighted by Crippen LogP contribution is 2.24. The summed E-state index contributed by atoms with van der Waals surface area (Å²) in [6.07, 6.45) is 3.20. The highest BCUT2D eigenvalue weighted by atomic mass is 32.1. The first-order chi connectivity index (χ1) is 10.8. The molecule has 116 valence electrons. The summed E-state index contributed by atoms with van der Waals surface area (Å²) in [7, 11) is 0. The Hall–Kier alpha value is -1.65. The van der Waals surface area contributed by atoms with Crippen LogP contribution in [-0.4, -0.2) is 29.0 Å². The van der Waals surface area contributed by atoms with Crippen LogP contribution >= 0.6 is 11.3 Å². The average Bonchev–Trinajstić information content (AvgIpc) is 3.10. The summed E-state index contributed by atoms with van der Waals surface area (Å²) in [6, 6.07) is 12.0. The minimum Gasteiger partial charge on any atom is -0.392 e. The Morgan fingerprint density at radius 1 is 1.14 bits per heavy atom. The number of hydrogen-bond donors (Lipinski definition) is 1. The molecule has 1 aliphatic heterocycles. The Labute approximate surface area is 135 Å². The fraction of sp³-hybridized carbons (Fsp3) is 0.389. The van der Waals surface area contributed by atoms with Crippen LogP contribution in [0.15, 0.2) is 41.8 Å². The van der Waals surface area contributed by atoms with Gasteiger partial charge in [0.15, 0.2) is 0 Å². The van der Waals surface area contributed by atoms with Gasteiger partial charge in [-0.3, -0.25) is 4.79 Å². The number of hydrogen-bond acceptors (Lipinski definition) is 3. The molecule has 22 heavy (non-hydrogen) atoms. The number of aliphatic hydroxyl groups is 1. The third-order valence-corrected chi connectivity index (χ3v) is 5.22. The fourth-order valence-electron chi connectivity index (χ4n) is 3.01. The van der Waals surface area contributed by atoms with E-state index in [0.29, 0.717) is 5.92 Å². The molecule has 2 heterocycles. The molecular weight excluding hydrogens is 294 g/mol. The van der Waals surface area contributed by atoms with E-state index in [4.69, 9.17) is 5.11 Å². The predicted octanol–water partition coefficient (Wildman–Crippen LogP) is 3.34. The van der Waals surface area contributed by atoms with Gasteiger partial charge in [-0.1, -0.05) is 30.3 Å². The lowest BCUT2D eigenvalue weighted by atomic mass is 9.90. The van der Waals surface area contributed by atoms with E-state index >= 15 is 0 Å². The molecule has 1 aromatic carbocycles. The Balaban J connectivity index is 1.52. The summed E-state index contributed by atoms with van der Waals surface area (Å²) in [6.45, 7) is 1.82. The van der Waals surface area contributed by atoms with Crippen molar-refractivity contribution in [1.82, 2.24) is 4.90 Å². The summed E-state index contributed by atoms with van der Waals surface area (Å²) in [4.78, 5) is 15.1. The van der Waals surface area contributed by atoms with Gasteiger partial charge in [-0.05, 0) is 47.8 Å². The number of nitrogens with zero attached hydrogens (tertiary/aromatic N) is 1. The molecule has 3 rings (SSSR count). The van der Waals surface area contributed by atoms with Crippen LogP contribution in [0.5, 0.6) is 0 Å². The predicted molar refractivity (Wildman–Crippen MR) is 89.0 cm³/mol. The van der Waals surface area contributed by atoms with Crippen LogP contribution in [0.3, 0.4) is 0 Å². The average molecular weight is 315 g/mol. The first kappa shape index (κ1) is 15.3. The van der Waals surface area contributed by atoms with E-state index < -0.39 is 0 Å². The van der Waals surface area contributed by atoms with E-state index in [2.05, 4.69) is 12.1 Å². The van der Waals surface area contributed by atoms with Crippen molar-refractivity contribution < 1.29 is 9.90 Å². The lowest BCUT2D eigenvalue weighted by molar-refractivity contribution is 0.0695. The van der Waals surface area contributed by atoms with E-state index in [1.165, 1.54) is 16.9 Å². The van der Waals surface area contributed by atoms with Gasteiger partial charge in [0.25, 0.3) is 5.91 Å². The number of piperidine rings is 1. The van der Waals surface area contributed by atoms with Crippen molar-refractivity contribution in [3.63, 3.8) is 0 Å². The van der Waals surface area contributed by atoms with Gasteiger partial charge in [-0.25, -0.2) is 0 Å². The molecule has 1 aromatic heterocycles. The number of thiophene rings is 1. The van der Waals surface area contributed by atoms with Gasteiger partial charge in [-0.2, -0.15) is 0 Å². The Bertz CT molecular complexity index is 599. The molecule has 0 unspecified atom stereocenters. The molecule has 0 bridgehead atoms. The fourth-order valence-corrected chi connectivity index (χ4v) is 3.70. The van der Waals surface area contributed by atoms with Crippen molar-refractivity contribution >= 4 is 17.2 Å². The second-order valence-electron chi connectivity index (χ2n) is 5.89. The summed E-state index contributed by atoms with van der Waals surface area (Å²) in [5.41, 5.74) is 2.28. The van der Waals surface area contributed by atoms with Crippen LogP contribution in [0.4, 0.5) is 0 Å². The topological polar surface area (TPSA) is 40.5 Å². The molecule has 1 saturated heterocycles. The molecule has 0 saturated carbocycles. The minimum atomic E-state index is 0.101. The SMILES string of the molecule is O=C(c1cccs1)N1CCC(Cc2ccc(CO)cc2)CC1. The van der Waals surface area contributed by atoms with Gasteiger partial charge in [0.05, 0.1) is 11.5 Å². The van der Waals surface area contributed by atoms with Crippen molar-refractivity contribution in [2.75, 3.05) is 13.1 Å². The second-order valence-corrected chi connectivity index (χ2v) is 6.84. The molecule has 0 atom stereocenters. The van der Waals surface area contributed by atoms with E-state index in [1.807, 2.05) is 34.5 Å². The molecule has 1 amide bonds. The second kappa shape index (κ2) is 7.07. The van der Waals surface area contributed by atoms with E-state index in [0.717, 1.165) is 42.8 Å². The van der Waals surface area contributed by atoms with Crippen LogP contribution in [0.25, 0.3) is 0 Å².